The van der Waals surface area contributed by atoms with Crippen LogP contribution >= 0.6 is 0 Å². The van der Waals surface area contributed by atoms with Gasteiger partial charge in [0.15, 0.2) is 0 Å². The molecule has 4 rings (SSSR count). The molecule has 0 amide bonds. The molecule has 1 heterocycles. The number of aromatic amines is 1. The maximum Gasteiger partial charge on any atom is 0.142 e. The Bertz CT molecular complexity index is 1310. The summed E-state index contributed by atoms with van der Waals surface area (Å²) in [5.74, 6) is 3.23. The van der Waals surface area contributed by atoms with E-state index in [0.717, 1.165) is 56.7 Å². The summed E-state index contributed by atoms with van der Waals surface area (Å²) in [5, 5.41) is 0. The summed E-state index contributed by atoms with van der Waals surface area (Å²) in [6.45, 7) is 13.4. The Morgan fingerprint density at radius 1 is 0.649 bits per heavy atom. The number of imidazole rings is 1. The first kappa shape index (κ1) is 26.3. The van der Waals surface area contributed by atoms with E-state index in [1.54, 1.807) is 21.3 Å². The number of aromatic nitrogens is 2. The molecule has 0 fully saturated rings. The summed E-state index contributed by atoms with van der Waals surface area (Å²) in [4.78, 5) is 8.82. The highest BCUT2D eigenvalue weighted by atomic mass is 16.5. The van der Waals surface area contributed by atoms with E-state index < -0.39 is 0 Å². The fraction of sp³-hybridized carbons (Fsp3) is 0.344. The van der Waals surface area contributed by atoms with E-state index in [0.29, 0.717) is 0 Å². The van der Waals surface area contributed by atoms with Gasteiger partial charge in [0.05, 0.1) is 38.3 Å². The standard InChI is InChI=1S/C32H38N2O3/c1-31(2,3)22-18-25(29(37-9)26(19-22)32(4,5)6)30-33-27(20-10-14-23(35-7)15-11-20)28(34-30)21-12-16-24(36-8)17-13-21/h10-19H,1-9H3,(H,33,34). The van der Waals surface area contributed by atoms with E-state index in [2.05, 4.69) is 58.7 Å². The van der Waals surface area contributed by atoms with Gasteiger partial charge in [0.1, 0.15) is 23.1 Å². The maximum atomic E-state index is 6.05. The number of rotatable bonds is 6. The molecule has 0 saturated carbocycles. The lowest BCUT2D eigenvalue weighted by Gasteiger charge is -2.28. The van der Waals surface area contributed by atoms with Crippen LogP contribution in [-0.2, 0) is 10.8 Å². The van der Waals surface area contributed by atoms with E-state index in [9.17, 15) is 0 Å². The third-order valence-corrected chi connectivity index (χ3v) is 6.67. The predicted molar refractivity (Wildman–Crippen MR) is 152 cm³/mol. The van der Waals surface area contributed by atoms with E-state index in [1.807, 2.05) is 48.5 Å². The van der Waals surface area contributed by atoms with E-state index in [-0.39, 0.29) is 10.8 Å². The summed E-state index contributed by atoms with van der Waals surface area (Å²) in [6, 6.07) is 20.5. The summed E-state index contributed by atoms with van der Waals surface area (Å²) in [5.41, 5.74) is 7.02. The molecule has 37 heavy (non-hydrogen) atoms. The number of methoxy groups -OCH3 is 3. The van der Waals surface area contributed by atoms with Gasteiger partial charge in [0, 0.05) is 16.7 Å². The van der Waals surface area contributed by atoms with Crippen LogP contribution in [0.5, 0.6) is 17.2 Å². The van der Waals surface area contributed by atoms with Crippen LogP contribution in [0.2, 0.25) is 0 Å². The molecule has 1 N–H and O–H groups in total. The molecule has 5 nitrogen and oxygen atoms in total. The second-order valence-electron chi connectivity index (χ2n) is 11.4. The number of nitrogens with one attached hydrogen (secondary N) is 1. The minimum atomic E-state index is -0.106. The fourth-order valence-electron chi connectivity index (χ4n) is 4.44. The topological polar surface area (TPSA) is 56.4 Å². The molecule has 0 spiro atoms. The molecule has 0 bridgehead atoms. The van der Waals surface area contributed by atoms with Crippen LogP contribution in [0, 0.1) is 0 Å². The Balaban J connectivity index is 2.00. The van der Waals surface area contributed by atoms with Gasteiger partial charge < -0.3 is 19.2 Å². The minimum Gasteiger partial charge on any atom is -0.497 e. The molecule has 0 aliphatic rings. The van der Waals surface area contributed by atoms with Crippen molar-refractivity contribution in [3.05, 3.63) is 71.8 Å². The molecule has 0 atom stereocenters. The minimum absolute atomic E-state index is 0.0365. The van der Waals surface area contributed by atoms with Gasteiger partial charge >= 0.3 is 0 Å². The number of H-pyrrole nitrogens is 1. The highest BCUT2D eigenvalue weighted by molar-refractivity contribution is 5.83. The summed E-state index contributed by atoms with van der Waals surface area (Å²) < 4.78 is 16.8. The third kappa shape index (κ3) is 5.36. The lowest BCUT2D eigenvalue weighted by Crippen LogP contribution is -2.18. The van der Waals surface area contributed by atoms with E-state index >= 15 is 0 Å². The normalized spacial score (nSPS) is 11.9. The Hall–Kier alpha value is -3.73. The second kappa shape index (κ2) is 9.97. The monoisotopic (exact) mass is 498 g/mol. The highest BCUT2D eigenvalue weighted by Gasteiger charge is 2.28. The number of hydrogen-bond acceptors (Lipinski definition) is 4. The van der Waals surface area contributed by atoms with Gasteiger partial charge in [0.2, 0.25) is 0 Å². The average molecular weight is 499 g/mol. The molecule has 4 aromatic rings. The van der Waals surface area contributed by atoms with E-state index in [4.69, 9.17) is 19.2 Å². The Morgan fingerprint density at radius 2 is 1.19 bits per heavy atom. The predicted octanol–water partition coefficient (Wildman–Crippen LogP) is 8.03. The smallest absolute Gasteiger partial charge is 0.142 e. The Kier molecular flexibility index (Phi) is 7.09. The Labute approximate surface area is 220 Å². The molecular formula is C32H38N2O3. The SMILES string of the molecule is COc1ccc(-c2nc(-c3cc(C(C)(C)C)cc(C(C)(C)C)c3OC)[nH]c2-c2ccc(OC)cc2)cc1. The molecule has 0 unspecified atom stereocenters. The van der Waals surface area contributed by atoms with Gasteiger partial charge in [-0.3, -0.25) is 0 Å². The van der Waals surface area contributed by atoms with Gasteiger partial charge in [0.25, 0.3) is 0 Å². The quantitative estimate of drug-likeness (QED) is 0.292. The molecule has 0 radical (unpaired) electrons. The van der Waals surface area contributed by atoms with Crippen molar-refractivity contribution in [3.63, 3.8) is 0 Å². The molecule has 0 saturated heterocycles. The molecule has 194 valence electrons. The molecule has 0 aliphatic carbocycles. The van der Waals surface area contributed by atoms with Crippen LogP contribution in [0.15, 0.2) is 60.7 Å². The van der Waals surface area contributed by atoms with Crippen molar-refractivity contribution >= 4 is 0 Å². The Morgan fingerprint density at radius 3 is 1.65 bits per heavy atom. The molecule has 5 heteroatoms. The first-order valence-electron chi connectivity index (χ1n) is 12.6. The van der Waals surface area contributed by atoms with Crippen LogP contribution in [0.4, 0.5) is 0 Å². The number of ether oxygens (including phenoxy) is 3. The lowest BCUT2D eigenvalue weighted by atomic mass is 9.79. The number of hydrogen-bond donors (Lipinski definition) is 1. The average Bonchev–Trinajstić information content (AvgIpc) is 3.32. The number of benzene rings is 3. The molecule has 3 aromatic carbocycles. The molecule has 1 aromatic heterocycles. The number of nitrogens with zero attached hydrogens (tertiary/aromatic N) is 1. The van der Waals surface area contributed by atoms with Crippen molar-refractivity contribution in [3.8, 4) is 51.2 Å². The van der Waals surface area contributed by atoms with Crippen LogP contribution in [0.1, 0.15) is 52.7 Å². The zero-order valence-corrected chi connectivity index (χ0v) is 23.4. The van der Waals surface area contributed by atoms with Gasteiger partial charge in [-0.1, -0.05) is 47.6 Å². The lowest BCUT2D eigenvalue weighted by molar-refractivity contribution is 0.398. The third-order valence-electron chi connectivity index (χ3n) is 6.67. The first-order valence-corrected chi connectivity index (χ1v) is 12.6. The maximum absolute atomic E-state index is 6.05. The van der Waals surface area contributed by atoms with Gasteiger partial charge in [-0.2, -0.15) is 0 Å². The molecular weight excluding hydrogens is 460 g/mol. The van der Waals surface area contributed by atoms with Crippen LogP contribution < -0.4 is 14.2 Å². The van der Waals surface area contributed by atoms with Gasteiger partial charge in [-0.15, -0.1) is 0 Å². The van der Waals surface area contributed by atoms with Crippen molar-refractivity contribution < 1.29 is 14.2 Å². The van der Waals surface area contributed by atoms with Crippen molar-refractivity contribution in [2.75, 3.05) is 21.3 Å². The summed E-state index contributed by atoms with van der Waals surface area (Å²) >= 11 is 0. The summed E-state index contributed by atoms with van der Waals surface area (Å²) in [7, 11) is 5.08. The van der Waals surface area contributed by atoms with Crippen LogP contribution in [0.3, 0.4) is 0 Å². The van der Waals surface area contributed by atoms with Crippen LogP contribution in [0.25, 0.3) is 33.9 Å². The van der Waals surface area contributed by atoms with Gasteiger partial charge in [-0.25, -0.2) is 4.98 Å². The van der Waals surface area contributed by atoms with Crippen molar-refractivity contribution in [1.82, 2.24) is 9.97 Å². The highest BCUT2D eigenvalue weighted by Crippen LogP contribution is 2.43. The first-order chi connectivity index (χ1) is 17.5. The van der Waals surface area contributed by atoms with Crippen molar-refractivity contribution in [2.24, 2.45) is 0 Å². The van der Waals surface area contributed by atoms with Crippen molar-refractivity contribution in [2.45, 2.75) is 52.4 Å². The fourth-order valence-corrected chi connectivity index (χ4v) is 4.44. The summed E-state index contributed by atoms with van der Waals surface area (Å²) in [6.07, 6.45) is 0. The zero-order valence-electron chi connectivity index (χ0n) is 23.4. The zero-order chi connectivity index (χ0) is 27.0. The van der Waals surface area contributed by atoms with E-state index in [1.165, 1.54) is 5.56 Å². The van der Waals surface area contributed by atoms with Crippen LogP contribution in [-0.4, -0.2) is 31.3 Å². The van der Waals surface area contributed by atoms with Crippen molar-refractivity contribution in [1.29, 1.82) is 0 Å². The molecule has 0 aliphatic heterocycles. The largest absolute Gasteiger partial charge is 0.497 e. The van der Waals surface area contributed by atoms with Gasteiger partial charge in [-0.05, 0) is 71.0 Å². The second-order valence-corrected chi connectivity index (χ2v) is 11.4.